The fourth-order valence-corrected chi connectivity index (χ4v) is 2.69. The van der Waals surface area contributed by atoms with Crippen molar-refractivity contribution in [2.45, 2.75) is 63.7 Å². The van der Waals surface area contributed by atoms with E-state index in [0.29, 0.717) is 24.7 Å². The number of carbonyl (C=O) groups is 1. The Hall–Kier alpha value is -0.760. The van der Waals surface area contributed by atoms with Crippen LogP contribution in [0.2, 0.25) is 0 Å². The van der Waals surface area contributed by atoms with Gasteiger partial charge in [-0.25, -0.2) is 4.79 Å². The molecule has 1 saturated carbocycles. The number of alkyl halides is 2. The molecular weight excluding hydrogens is 306 g/mol. The maximum atomic E-state index is 13.1. The first-order valence-corrected chi connectivity index (χ1v) is 8.54. The lowest BCUT2D eigenvalue weighted by Crippen LogP contribution is -2.41. The summed E-state index contributed by atoms with van der Waals surface area (Å²) >= 11 is 0. The van der Waals surface area contributed by atoms with Crippen molar-refractivity contribution in [1.29, 1.82) is 0 Å². The molecule has 0 heterocycles. The highest BCUT2D eigenvalue weighted by atomic mass is 32.2. The minimum absolute atomic E-state index is 0.441. The molecule has 0 aromatic rings. The molecule has 5 nitrogen and oxygen atoms in total. The Morgan fingerprint density at radius 1 is 1.29 bits per heavy atom. The number of ether oxygens (including phenoxy) is 1. The molecule has 0 amide bonds. The second kappa shape index (κ2) is 7.00. The van der Waals surface area contributed by atoms with Gasteiger partial charge in [0.2, 0.25) is 0 Å². The summed E-state index contributed by atoms with van der Waals surface area (Å²) in [5.74, 6) is -1.10. The lowest BCUT2D eigenvalue weighted by Gasteiger charge is -2.29. The number of esters is 1. The fourth-order valence-electron chi connectivity index (χ4n) is 2.43. The Kier molecular flexibility index (Phi) is 6.10. The SMILES string of the molecule is CC(C)CCC1CCC(OC(=O)C(F)(F)S(=O)(=O)O)CC1. The van der Waals surface area contributed by atoms with Crippen LogP contribution in [0.5, 0.6) is 0 Å². The van der Waals surface area contributed by atoms with Crippen LogP contribution in [0.15, 0.2) is 0 Å². The largest absolute Gasteiger partial charge is 0.465 e. The molecule has 21 heavy (non-hydrogen) atoms. The highest BCUT2D eigenvalue weighted by molar-refractivity contribution is 7.87. The van der Waals surface area contributed by atoms with E-state index in [0.717, 1.165) is 25.7 Å². The van der Waals surface area contributed by atoms with Gasteiger partial charge in [-0.1, -0.05) is 26.7 Å². The monoisotopic (exact) mass is 328 g/mol. The maximum Gasteiger partial charge on any atom is 0.465 e. The van der Waals surface area contributed by atoms with E-state index in [2.05, 4.69) is 18.6 Å². The molecule has 0 radical (unpaired) electrons. The summed E-state index contributed by atoms with van der Waals surface area (Å²) in [6, 6.07) is 0. The van der Waals surface area contributed by atoms with Crippen LogP contribution in [-0.2, 0) is 19.6 Å². The van der Waals surface area contributed by atoms with E-state index in [1.807, 2.05) is 0 Å². The molecule has 0 bridgehead atoms. The smallest absolute Gasteiger partial charge is 0.457 e. The molecule has 124 valence electrons. The minimum Gasteiger partial charge on any atom is -0.457 e. The van der Waals surface area contributed by atoms with Gasteiger partial charge in [0.15, 0.2) is 0 Å². The van der Waals surface area contributed by atoms with Crippen molar-refractivity contribution in [2.75, 3.05) is 0 Å². The van der Waals surface area contributed by atoms with Crippen molar-refractivity contribution < 1.29 is 31.3 Å². The van der Waals surface area contributed by atoms with Gasteiger partial charge in [0.25, 0.3) is 0 Å². The quantitative estimate of drug-likeness (QED) is 0.599. The van der Waals surface area contributed by atoms with E-state index < -0.39 is 27.4 Å². The normalized spacial score (nSPS) is 24.1. The zero-order chi connectivity index (χ0) is 16.3. The van der Waals surface area contributed by atoms with Crippen LogP contribution in [0.1, 0.15) is 52.4 Å². The molecule has 0 atom stereocenters. The van der Waals surface area contributed by atoms with Gasteiger partial charge < -0.3 is 4.74 Å². The van der Waals surface area contributed by atoms with Crippen molar-refractivity contribution in [1.82, 2.24) is 0 Å². The molecule has 0 spiro atoms. The Morgan fingerprint density at radius 2 is 1.81 bits per heavy atom. The third-order valence-corrected chi connectivity index (χ3v) is 4.60. The fraction of sp³-hybridized carbons (Fsp3) is 0.923. The van der Waals surface area contributed by atoms with Crippen molar-refractivity contribution in [3.63, 3.8) is 0 Å². The average molecular weight is 328 g/mol. The van der Waals surface area contributed by atoms with Crippen molar-refractivity contribution in [2.24, 2.45) is 11.8 Å². The third-order valence-electron chi connectivity index (χ3n) is 3.78. The van der Waals surface area contributed by atoms with Gasteiger partial charge in [-0.15, -0.1) is 0 Å². The van der Waals surface area contributed by atoms with Crippen LogP contribution in [0.4, 0.5) is 8.78 Å². The molecule has 1 rings (SSSR count). The summed E-state index contributed by atoms with van der Waals surface area (Å²) in [7, 11) is -5.79. The lowest BCUT2D eigenvalue weighted by atomic mass is 9.83. The van der Waals surface area contributed by atoms with E-state index in [1.165, 1.54) is 0 Å². The van der Waals surface area contributed by atoms with Gasteiger partial charge in [-0.05, 0) is 37.5 Å². The van der Waals surface area contributed by atoms with Crippen molar-refractivity contribution >= 4 is 16.1 Å². The molecule has 1 aliphatic rings. The first-order chi connectivity index (χ1) is 9.54. The van der Waals surface area contributed by atoms with Crippen LogP contribution < -0.4 is 0 Å². The molecule has 1 N–H and O–H groups in total. The predicted octanol–water partition coefficient (Wildman–Crippen LogP) is 3.01. The lowest BCUT2D eigenvalue weighted by molar-refractivity contribution is -0.169. The molecular formula is C13H22F2O5S. The predicted molar refractivity (Wildman–Crippen MR) is 72.4 cm³/mol. The van der Waals surface area contributed by atoms with Crippen LogP contribution >= 0.6 is 0 Å². The van der Waals surface area contributed by atoms with Gasteiger partial charge in [0.05, 0.1) is 0 Å². The van der Waals surface area contributed by atoms with Crippen LogP contribution in [0, 0.1) is 11.8 Å². The number of halogens is 2. The molecule has 8 heteroatoms. The zero-order valence-corrected chi connectivity index (χ0v) is 13.0. The summed E-state index contributed by atoms with van der Waals surface area (Å²) in [5, 5.41) is -4.90. The van der Waals surface area contributed by atoms with Gasteiger partial charge in [-0.2, -0.15) is 17.2 Å². The number of rotatable bonds is 6. The van der Waals surface area contributed by atoms with Gasteiger partial charge in [0, 0.05) is 0 Å². The molecule has 0 saturated heterocycles. The van der Waals surface area contributed by atoms with Crippen LogP contribution in [0.25, 0.3) is 0 Å². The summed E-state index contributed by atoms with van der Waals surface area (Å²) in [6.45, 7) is 4.26. The Bertz CT molecular complexity index is 453. The number of hydrogen-bond acceptors (Lipinski definition) is 4. The van der Waals surface area contributed by atoms with E-state index >= 15 is 0 Å². The first kappa shape index (κ1) is 18.3. The Labute approximate surface area is 123 Å². The molecule has 1 aliphatic carbocycles. The second-order valence-electron chi connectivity index (χ2n) is 6.01. The zero-order valence-electron chi connectivity index (χ0n) is 12.2. The standard InChI is InChI=1S/C13H22F2O5S/c1-9(2)3-4-10-5-7-11(8-6-10)20-12(16)13(14,15)21(17,18)19/h9-11H,3-8H2,1-2H3,(H,17,18,19). The summed E-state index contributed by atoms with van der Waals surface area (Å²) in [6.07, 6.45) is 3.85. The Balaban J connectivity index is 2.44. The van der Waals surface area contributed by atoms with Gasteiger partial charge in [0.1, 0.15) is 6.10 Å². The van der Waals surface area contributed by atoms with Crippen LogP contribution in [-0.4, -0.2) is 30.3 Å². The topological polar surface area (TPSA) is 80.7 Å². The van der Waals surface area contributed by atoms with Crippen molar-refractivity contribution in [3.05, 3.63) is 0 Å². The summed E-state index contributed by atoms with van der Waals surface area (Å²) in [4.78, 5) is 11.2. The molecule has 0 aliphatic heterocycles. The summed E-state index contributed by atoms with van der Waals surface area (Å²) in [5.41, 5.74) is 0. The van der Waals surface area contributed by atoms with Crippen molar-refractivity contribution in [3.8, 4) is 0 Å². The third kappa shape index (κ3) is 5.18. The molecule has 0 unspecified atom stereocenters. The maximum absolute atomic E-state index is 13.1. The average Bonchev–Trinajstić information content (AvgIpc) is 2.36. The first-order valence-electron chi connectivity index (χ1n) is 7.10. The number of carbonyl (C=O) groups excluding carboxylic acids is 1. The van der Waals surface area contributed by atoms with Crippen LogP contribution in [0.3, 0.4) is 0 Å². The molecule has 1 fully saturated rings. The van der Waals surface area contributed by atoms with E-state index in [1.54, 1.807) is 0 Å². The minimum atomic E-state index is -5.79. The molecule has 0 aromatic carbocycles. The number of hydrogen-bond donors (Lipinski definition) is 1. The highest BCUT2D eigenvalue weighted by Crippen LogP contribution is 2.32. The van der Waals surface area contributed by atoms with Gasteiger partial charge in [-0.3, -0.25) is 4.55 Å². The Morgan fingerprint density at radius 3 is 2.24 bits per heavy atom. The second-order valence-corrected chi connectivity index (χ2v) is 7.47. The summed E-state index contributed by atoms with van der Waals surface area (Å²) < 4.78 is 59.8. The van der Waals surface area contributed by atoms with E-state index in [4.69, 9.17) is 4.55 Å². The van der Waals surface area contributed by atoms with E-state index in [9.17, 15) is 22.0 Å². The highest BCUT2D eigenvalue weighted by Gasteiger charge is 2.54. The molecule has 0 aromatic heterocycles. The van der Waals surface area contributed by atoms with Gasteiger partial charge >= 0.3 is 21.3 Å². The van der Waals surface area contributed by atoms with E-state index in [-0.39, 0.29) is 0 Å².